The van der Waals surface area contributed by atoms with Gasteiger partial charge in [0.1, 0.15) is 0 Å². The van der Waals surface area contributed by atoms with Crippen LogP contribution in [0.25, 0.3) is 11.3 Å². The van der Waals surface area contributed by atoms with Gasteiger partial charge in [-0.2, -0.15) is 5.10 Å². The van der Waals surface area contributed by atoms with E-state index in [0.717, 1.165) is 51.1 Å². The summed E-state index contributed by atoms with van der Waals surface area (Å²) >= 11 is 0. The minimum absolute atomic E-state index is 0.158. The fourth-order valence-corrected chi connectivity index (χ4v) is 5.17. The van der Waals surface area contributed by atoms with Gasteiger partial charge < -0.3 is 9.64 Å². The van der Waals surface area contributed by atoms with E-state index in [-0.39, 0.29) is 5.91 Å². The zero-order valence-corrected chi connectivity index (χ0v) is 16.7. The molecule has 2 aromatic rings. The third-order valence-corrected chi connectivity index (χ3v) is 6.72. The molecule has 0 unspecified atom stereocenters. The van der Waals surface area contributed by atoms with Gasteiger partial charge in [0.05, 0.1) is 11.7 Å². The maximum Gasteiger partial charge on any atom is 0.219 e. The van der Waals surface area contributed by atoms with E-state index >= 15 is 0 Å². The van der Waals surface area contributed by atoms with Crippen LogP contribution < -0.4 is 0 Å². The summed E-state index contributed by atoms with van der Waals surface area (Å²) in [5.74, 6) is 0.158. The maximum absolute atomic E-state index is 12.1. The van der Waals surface area contributed by atoms with E-state index in [9.17, 15) is 4.79 Å². The molecule has 0 bridgehead atoms. The lowest BCUT2D eigenvalue weighted by Gasteiger charge is -2.29. The molecule has 3 aliphatic rings. The minimum Gasteiger partial charge on any atom is -0.381 e. The molecule has 5 rings (SSSR count). The highest BCUT2D eigenvalue weighted by molar-refractivity contribution is 5.75. The number of hydrogen-bond acceptors (Lipinski definition) is 3. The van der Waals surface area contributed by atoms with Gasteiger partial charge in [-0.25, -0.2) is 0 Å². The highest BCUT2D eigenvalue weighted by atomic mass is 16.5. The highest BCUT2D eigenvalue weighted by Crippen LogP contribution is 2.37. The number of rotatable bonds is 2. The Morgan fingerprint density at radius 2 is 1.93 bits per heavy atom. The van der Waals surface area contributed by atoms with Crippen LogP contribution in [0.5, 0.6) is 0 Å². The molecule has 1 aliphatic carbocycles. The van der Waals surface area contributed by atoms with Gasteiger partial charge in [-0.15, -0.1) is 0 Å². The van der Waals surface area contributed by atoms with Gasteiger partial charge in [0.25, 0.3) is 0 Å². The lowest BCUT2D eigenvalue weighted by Crippen LogP contribution is -2.35. The Bertz CT molecular complexity index is 895. The van der Waals surface area contributed by atoms with Crippen molar-refractivity contribution in [3.05, 3.63) is 40.6 Å². The number of ether oxygens (including phenoxy) is 1. The largest absolute Gasteiger partial charge is 0.381 e. The Labute approximate surface area is 166 Å². The fraction of sp³-hybridized carbons (Fsp3) is 0.565. The van der Waals surface area contributed by atoms with E-state index in [2.05, 4.69) is 22.9 Å². The van der Waals surface area contributed by atoms with Crippen LogP contribution in [0.1, 0.15) is 61.0 Å². The number of carbonyl (C=O) groups excluding carboxylic acids is 1. The van der Waals surface area contributed by atoms with E-state index in [0.29, 0.717) is 12.6 Å². The number of nitrogens with zero attached hydrogens (tertiary/aromatic N) is 3. The van der Waals surface area contributed by atoms with Crippen LogP contribution in [-0.4, -0.2) is 40.3 Å². The van der Waals surface area contributed by atoms with E-state index in [1.807, 2.05) is 4.90 Å². The first kappa shape index (κ1) is 17.9. The molecule has 3 heterocycles. The zero-order valence-electron chi connectivity index (χ0n) is 16.7. The summed E-state index contributed by atoms with van der Waals surface area (Å²) in [5.41, 5.74) is 7.99. The molecule has 0 saturated carbocycles. The van der Waals surface area contributed by atoms with Gasteiger partial charge in [0.2, 0.25) is 5.91 Å². The van der Waals surface area contributed by atoms with Crippen molar-refractivity contribution in [2.45, 2.75) is 64.5 Å². The molecule has 1 aromatic carbocycles. The predicted octanol–water partition coefficient (Wildman–Crippen LogP) is 3.69. The van der Waals surface area contributed by atoms with Gasteiger partial charge in [-0.1, -0.05) is 18.2 Å². The molecule has 0 N–H and O–H groups in total. The van der Waals surface area contributed by atoms with Crippen molar-refractivity contribution in [2.75, 3.05) is 19.8 Å². The monoisotopic (exact) mass is 379 g/mol. The maximum atomic E-state index is 12.1. The molecule has 1 fully saturated rings. The van der Waals surface area contributed by atoms with Crippen molar-refractivity contribution in [1.82, 2.24) is 14.7 Å². The Balaban J connectivity index is 1.63. The van der Waals surface area contributed by atoms with E-state index in [1.165, 1.54) is 47.2 Å². The third-order valence-electron chi connectivity index (χ3n) is 6.72. The number of carbonyl (C=O) groups is 1. The van der Waals surface area contributed by atoms with E-state index in [1.54, 1.807) is 6.92 Å². The van der Waals surface area contributed by atoms with Crippen LogP contribution in [-0.2, 0) is 35.3 Å². The summed E-state index contributed by atoms with van der Waals surface area (Å²) in [6.45, 7) is 4.79. The molecular weight excluding hydrogens is 350 g/mol. The second-order valence-corrected chi connectivity index (χ2v) is 8.40. The van der Waals surface area contributed by atoms with Gasteiger partial charge in [-0.05, 0) is 49.7 Å². The lowest BCUT2D eigenvalue weighted by molar-refractivity contribution is -0.129. The van der Waals surface area contributed by atoms with E-state index in [4.69, 9.17) is 9.84 Å². The van der Waals surface area contributed by atoms with Gasteiger partial charge in [0, 0.05) is 56.5 Å². The Morgan fingerprint density at radius 1 is 1.11 bits per heavy atom. The quantitative estimate of drug-likeness (QED) is 0.800. The molecular formula is C23H29N3O2. The van der Waals surface area contributed by atoms with Crippen molar-refractivity contribution in [3.63, 3.8) is 0 Å². The number of fused-ring (bicyclic) bond motifs is 2. The average Bonchev–Trinajstić information content (AvgIpc) is 3.12. The molecule has 0 spiro atoms. The smallest absolute Gasteiger partial charge is 0.219 e. The molecule has 1 aromatic heterocycles. The van der Waals surface area contributed by atoms with Crippen molar-refractivity contribution < 1.29 is 9.53 Å². The van der Waals surface area contributed by atoms with Crippen molar-refractivity contribution >= 4 is 5.91 Å². The lowest BCUT2D eigenvalue weighted by atomic mass is 9.86. The SMILES string of the molecule is CC(=O)N1CCc2c(c(-c3cccc4c3CCCC4)nn2C2CCOCC2)C1. The second-order valence-electron chi connectivity index (χ2n) is 8.40. The Kier molecular flexibility index (Phi) is 4.71. The summed E-state index contributed by atoms with van der Waals surface area (Å²) in [6, 6.07) is 7.13. The van der Waals surface area contributed by atoms with Crippen LogP contribution >= 0.6 is 0 Å². The summed E-state index contributed by atoms with van der Waals surface area (Å²) in [5, 5.41) is 5.21. The van der Waals surface area contributed by atoms with E-state index < -0.39 is 0 Å². The zero-order chi connectivity index (χ0) is 19.1. The molecule has 1 amide bonds. The summed E-state index contributed by atoms with van der Waals surface area (Å²) < 4.78 is 7.88. The third kappa shape index (κ3) is 3.06. The number of aryl methyl sites for hydroxylation is 1. The molecule has 5 heteroatoms. The van der Waals surface area contributed by atoms with Crippen LogP contribution in [0.3, 0.4) is 0 Å². The number of hydrogen-bond donors (Lipinski definition) is 0. The number of aromatic nitrogens is 2. The minimum atomic E-state index is 0.158. The summed E-state index contributed by atoms with van der Waals surface area (Å²) in [4.78, 5) is 14.0. The first-order chi connectivity index (χ1) is 13.7. The fourth-order valence-electron chi connectivity index (χ4n) is 5.17. The second kappa shape index (κ2) is 7.36. The van der Waals surface area contributed by atoms with Crippen molar-refractivity contribution in [3.8, 4) is 11.3 Å². The van der Waals surface area contributed by atoms with Crippen LogP contribution in [0.2, 0.25) is 0 Å². The van der Waals surface area contributed by atoms with Gasteiger partial charge in [-0.3, -0.25) is 9.48 Å². The molecule has 2 aliphatic heterocycles. The topological polar surface area (TPSA) is 47.4 Å². The molecule has 0 radical (unpaired) electrons. The average molecular weight is 380 g/mol. The standard InChI is InChI=1S/C23H29N3O2/c1-16(27)25-12-9-22-21(15-25)23(24-26(22)18-10-13-28-14-11-18)20-8-4-6-17-5-2-3-7-19(17)20/h4,6,8,18H,2-3,5,7,9-15H2,1H3. The molecule has 5 nitrogen and oxygen atoms in total. The van der Waals surface area contributed by atoms with Crippen molar-refractivity contribution in [2.24, 2.45) is 0 Å². The first-order valence-corrected chi connectivity index (χ1v) is 10.8. The van der Waals surface area contributed by atoms with Gasteiger partial charge >= 0.3 is 0 Å². The summed E-state index contributed by atoms with van der Waals surface area (Å²) in [7, 11) is 0. The van der Waals surface area contributed by atoms with Crippen LogP contribution in [0, 0.1) is 0 Å². The Hall–Kier alpha value is -2.14. The molecule has 0 atom stereocenters. The molecule has 1 saturated heterocycles. The van der Waals surface area contributed by atoms with Gasteiger partial charge in [0.15, 0.2) is 0 Å². The molecule has 28 heavy (non-hydrogen) atoms. The number of benzene rings is 1. The predicted molar refractivity (Wildman–Crippen MR) is 108 cm³/mol. The number of amides is 1. The Morgan fingerprint density at radius 3 is 2.75 bits per heavy atom. The molecule has 148 valence electrons. The summed E-state index contributed by atoms with van der Waals surface area (Å²) in [6.07, 6.45) is 7.80. The van der Waals surface area contributed by atoms with Crippen molar-refractivity contribution in [1.29, 1.82) is 0 Å². The first-order valence-electron chi connectivity index (χ1n) is 10.8. The highest BCUT2D eigenvalue weighted by Gasteiger charge is 2.31. The van der Waals surface area contributed by atoms with Crippen LogP contribution in [0.15, 0.2) is 18.2 Å². The van der Waals surface area contributed by atoms with Crippen LogP contribution in [0.4, 0.5) is 0 Å². The normalized spacial score (nSPS) is 20.0.